The molecule has 5 heteroatoms. The number of hydrogen-bond acceptors (Lipinski definition) is 3. The lowest BCUT2D eigenvalue weighted by atomic mass is 10.2. The van der Waals surface area contributed by atoms with E-state index in [0.29, 0.717) is 5.56 Å². The van der Waals surface area contributed by atoms with Gasteiger partial charge in [-0.2, -0.15) is 5.10 Å². The highest BCUT2D eigenvalue weighted by Gasteiger charge is 2.05. The van der Waals surface area contributed by atoms with E-state index in [9.17, 15) is 9.50 Å². The van der Waals surface area contributed by atoms with Crippen LogP contribution in [0.2, 0.25) is 0 Å². The smallest absolute Gasteiger partial charge is 0.138 e. The molecule has 0 spiro atoms. The minimum Gasteiger partial charge on any atom is -0.507 e. The van der Waals surface area contributed by atoms with E-state index in [2.05, 4.69) is 26.5 Å². The first-order chi connectivity index (χ1) is 8.66. The van der Waals surface area contributed by atoms with Gasteiger partial charge in [-0.3, -0.25) is 5.43 Å². The van der Waals surface area contributed by atoms with Crippen molar-refractivity contribution in [3.63, 3.8) is 0 Å². The molecular formula is C13H10BrFN2O. The fourth-order valence-electron chi connectivity index (χ4n) is 1.34. The predicted octanol–water partition coefficient (Wildman–Crippen LogP) is 3.74. The normalized spacial score (nSPS) is 10.8. The largest absolute Gasteiger partial charge is 0.507 e. The summed E-state index contributed by atoms with van der Waals surface area (Å²) >= 11 is 2.99. The summed E-state index contributed by atoms with van der Waals surface area (Å²) < 4.78 is 13.5. The third kappa shape index (κ3) is 3.07. The Bertz CT molecular complexity index is 573. The van der Waals surface area contributed by atoms with Crippen LogP contribution in [0.15, 0.2) is 52.0 Å². The summed E-state index contributed by atoms with van der Waals surface area (Å²) in [5.74, 6) is -0.490. The first kappa shape index (κ1) is 12.6. The molecule has 0 atom stereocenters. The minimum absolute atomic E-state index is 0.0399. The van der Waals surface area contributed by atoms with Gasteiger partial charge in [-0.1, -0.05) is 18.2 Å². The number of aromatic hydroxyl groups is 1. The minimum atomic E-state index is -0.450. The van der Waals surface area contributed by atoms with Crippen molar-refractivity contribution in [3.05, 3.63) is 58.3 Å². The molecule has 2 rings (SSSR count). The van der Waals surface area contributed by atoms with Gasteiger partial charge in [0.1, 0.15) is 11.6 Å². The standard InChI is InChI=1S/C13H10BrFN2O/c14-11-7-13(18)9(6-12(11)15)8-16-17-10-4-2-1-3-5-10/h1-8,17-18H. The molecule has 0 aliphatic carbocycles. The Morgan fingerprint density at radius 3 is 2.67 bits per heavy atom. The van der Waals surface area contributed by atoms with Crippen LogP contribution in [0.3, 0.4) is 0 Å². The van der Waals surface area contributed by atoms with Crippen molar-refractivity contribution in [1.29, 1.82) is 0 Å². The molecule has 0 saturated heterocycles. The summed E-state index contributed by atoms with van der Waals surface area (Å²) in [6.07, 6.45) is 1.36. The summed E-state index contributed by atoms with van der Waals surface area (Å²) in [5.41, 5.74) is 3.89. The number of hydrazone groups is 1. The Morgan fingerprint density at radius 2 is 1.94 bits per heavy atom. The molecule has 0 aliphatic heterocycles. The van der Waals surface area contributed by atoms with Gasteiger partial charge in [0, 0.05) is 5.56 Å². The highest BCUT2D eigenvalue weighted by molar-refractivity contribution is 9.10. The molecule has 0 radical (unpaired) electrons. The Morgan fingerprint density at radius 1 is 1.22 bits per heavy atom. The molecule has 18 heavy (non-hydrogen) atoms. The van der Waals surface area contributed by atoms with Crippen molar-refractivity contribution in [2.75, 3.05) is 5.43 Å². The number of anilines is 1. The lowest BCUT2D eigenvalue weighted by Crippen LogP contribution is -1.92. The zero-order valence-corrected chi connectivity index (χ0v) is 10.9. The maximum atomic E-state index is 13.3. The average molecular weight is 309 g/mol. The van der Waals surface area contributed by atoms with Crippen molar-refractivity contribution in [1.82, 2.24) is 0 Å². The Balaban J connectivity index is 2.12. The van der Waals surface area contributed by atoms with E-state index in [1.807, 2.05) is 30.3 Å². The van der Waals surface area contributed by atoms with E-state index in [1.165, 1.54) is 18.3 Å². The molecule has 2 N–H and O–H groups in total. The van der Waals surface area contributed by atoms with Gasteiger partial charge in [0.2, 0.25) is 0 Å². The number of para-hydroxylation sites is 1. The highest BCUT2D eigenvalue weighted by Crippen LogP contribution is 2.24. The van der Waals surface area contributed by atoms with Crippen LogP contribution < -0.4 is 5.43 Å². The van der Waals surface area contributed by atoms with Crippen LogP contribution in [0.25, 0.3) is 0 Å². The molecule has 3 nitrogen and oxygen atoms in total. The first-order valence-electron chi connectivity index (χ1n) is 5.19. The summed E-state index contributed by atoms with van der Waals surface area (Å²) in [4.78, 5) is 0. The van der Waals surface area contributed by atoms with Crippen LogP contribution in [0.4, 0.5) is 10.1 Å². The molecule has 0 heterocycles. The number of hydrogen-bond donors (Lipinski definition) is 2. The zero-order valence-electron chi connectivity index (χ0n) is 9.27. The number of nitrogens with one attached hydrogen (secondary N) is 1. The van der Waals surface area contributed by atoms with Crippen LogP contribution in [-0.2, 0) is 0 Å². The number of nitrogens with zero attached hydrogens (tertiary/aromatic N) is 1. The summed E-state index contributed by atoms with van der Waals surface area (Å²) in [6.45, 7) is 0. The summed E-state index contributed by atoms with van der Waals surface area (Å²) in [6, 6.07) is 11.8. The fourth-order valence-corrected chi connectivity index (χ4v) is 1.68. The third-order valence-corrected chi connectivity index (χ3v) is 2.85. The van der Waals surface area contributed by atoms with Crippen molar-refractivity contribution >= 4 is 27.8 Å². The Labute approximate surface area is 112 Å². The molecule has 0 aromatic heterocycles. The van der Waals surface area contributed by atoms with Crippen LogP contribution in [0.5, 0.6) is 5.75 Å². The summed E-state index contributed by atoms with van der Waals surface area (Å²) in [5, 5.41) is 13.5. The number of benzene rings is 2. The van der Waals surface area contributed by atoms with Crippen molar-refractivity contribution in [2.24, 2.45) is 5.10 Å². The maximum Gasteiger partial charge on any atom is 0.138 e. The first-order valence-corrected chi connectivity index (χ1v) is 5.98. The van der Waals surface area contributed by atoms with Crippen molar-refractivity contribution < 1.29 is 9.50 Å². The lowest BCUT2D eigenvalue weighted by Gasteiger charge is -2.02. The molecule has 0 saturated carbocycles. The second-order valence-corrected chi connectivity index (χ2v) is 4.42. The third-order valence-electron chi connectivity index (χ3n) is 2.24. The van der Waals surface area contributed by atoms with E-state index in [0.717, 1.165) is 5.69 Å². The number of phenols is 1. The second-order valence-electron chi connectivity index (χ2n) is 3.56. The predicted molar refractivity (Wildman–Crippen MR) is 73.4 cm³/mol. The number of phenolic OH excluding ortho intramolecular Hbond substituents is 1. The van der Waals surface area contributed by atoms with E-state index in [4.69, 9.17) is 0 Å². The van der Waals surface area contributed by atoms with E-state index >= 15 is 0 Å². The van der Waals surface area contributed by atoms with Crippen LogP contribution >= 0.6 is 15.9 Å². The van der Waals surface area contributed by atoms with Gasteiger partial charge in [-0.15, -0.1) is 0 Å². The van der Waals surface area contributed by atoms with Gasteiger partial charge in [0.05, 0.1) is 16.4 Å². The molecule has 92 valence electrons. The second kappa shape index (κ2) is 5.64. The van der Waals surface area contributed by atoms with E-state index in [-0.39, 0.29) is 10.2 Å². The zero-order chi connectivity index (χ0) is 13.0. The highest BCUT2D eigenvalue weighted by atomic mass is 79.9. The molecule has 0 unspecified atom stereocenters. The quantitative estimate of drug-likeness (QED) is 0.670. The van der Waals surface area contributed by atoms with E-state index in [1.54, 1.807) is 0 Å². The van der Waals surface area contributed by atoms with Gasteiger partial charge in [0.15, 0.2) is 0 Å². The fraction of sp³-hybridized carbons (Fsp3) is 0. The molecule has 0 amide bonds. The SMILES string of the molecule is Oc1cc(Br)c(F)cc1C=NNc1ccccc1. The average Bonchev–Trinajstić information content (AvgIpc) is 2.37. The lowest BCUT2D eigenvalue weighted by molar-refractivity contribution is 0.471. The summed E-state index contributed by atoms with van der Waals surface area (Å²) in [7, 11) is 0. The van der Waals surface area contributed by atoms with Crippen molar-refractivity contribution in [3.8, 4) is 5.75 Å². The molecule has 0 aliphatic rings. The number of halogens is 2. The molecule has 0 fully saturated rings. The van der Waals surface area contributed by atoms with Gasteiger partial charge in [0.25, 0.3) is 0 Å². The monoisotopic (exact) mass is 308 g/mol. The van der Waals surface area contributed by atoms with Crippen LogP contribution in [0, 0.1) is 5.82 Å². The van der Waals surface area contributed by atoms with E-state index < -0.39 is 5.82 Å². The van der Waals surface area contributed by atoms with Gasteiger partial charge in [-0.25, -0.2) is 4.39 Å². The Kier molecular flexibility index (Phi) is 3.94. The van der Waals surface area contributed by atoms with Gasteiger partial charge < -0.3 is 5.11 Å². The molecular weight excluding hydrogens is 299 g/mol. The van der Waals surface area contributed by atoms with Crippen LogP contribution in [0.1, 0.15) is 5.56 Å². The molecule has 2 aromatic carbocycles. The van der Waals surface area contributed by atoms with Gasteiger partial charge >= 0.3 is 0 Å². The molecule has 0 bridgehead atoms. The maximum absolute atomic E-state index is 13.3. The topological polar surface area (TPSA) is 44.6 Å². The van der Waals surface area contributed by atoms with Crippen molar-refractivity contribution in [2.45, 2.75) is 0 Å². The Hall–Kier alpha value is -1.88. The van der Waals surface area contributed by atoms with Gasteiger partial charge in [-0.05, 0) is 40.2 Å². The van der Waals surface area contributed by atoms with Crippen LogP contribution in [-0.4, -0.2) is 11.3 Å². The number of rotatable bonds is 3. The molecule has 2 aromatic rings.